The number of rotatable bonds is 4. The first kappa shape index (κ1) is 13.8. The molecule has 2 atom stereocenters. The van der Waals surface area contributed by atoms with E-state index in [0.717, 1.165) is 25.9 Å². The second kappa shape index (κ2) is 6.53. The Morgan fingerprint density at radius 1 is 1.33 bits per heavy atom. The van der Waals surface area contributed by atoms with Crippen LogP contribution in [0.4, 0.5) is 0 Å². The van der Waals surface area contributed by atoms with Crippen molar-refractivity contribution in [2.45, 2.75) is 63.6 Å². The molecule has 1 saturated carbocycles. The molecule has 4 heteroatoms. The Morgan fingerprint density at radius 3 is 2.72 bits per heavy atom. The number of hydrogen-bond donors (Lipinski definition) is 2. The summed E-state index contributed by atoms with van der Waals surface area (Å²) in [4.78, 5) is 14.8. The van der Waals surface area contributed by atoms with Crippen LogP contribution in [0.3, 0.4) is 0 Å². The van der Waals surface area contributed by atoms with E-state index in [-0.39, 0.29) is 11.9 Å². The van der Waals surface area contributed by atoms with Crippen molar-refractivity contribution in [1.82, 2.24) is 15.5 Å². The minimum absolute atomic E-state index is 0.0745. The van der Waals surface area contributed by atoms with Crippen LogP contribution in [0.5, 0.6) is 0 Å². The average molecular weight is 253 g/mol. The Bertz CT molecular complexity index is 276. The zero-order chi connectivity index (χ0) is 13.0. The maximum absolute atomic E-state index is 12.3. The normalized spacial score (nSPS) is 31.3. The van der Waals surface area contributed by atoms with Crippen molar-refractivity contribution < 1.29 is 4.79 Å². The highest BCUT2D eigenvalue weighted by atomic mass is 16.2. The van der Waals surface area contributed by atoms with Crippen molar-refractivity contribution in [3.05, 3.63) is 0 Å². The van der Waals surface area contributed by atoms with Crippen molar-refractivity contribution in [3.8, 4) is 0 Å². The summed E-state index contributed by atoms with van der Waals surface area (Å²) < 4.78 is 0. The molecule has 2 unspecified atom stereocenters. The van der Waals surface area contributed by atoms with Gasteiger partial charge in [0.05, 0.1) is 6.04 Å². The Kier molecular flexibility index (Phi) is 5.01. The molecule has 2 rings (SSSR count). The molecular weight excluding hydrogens is 226 g/mol. The fourth-order valence-corrected chi connectivity index (χ4v) is 3.31. The molecular formula is C14H27N3O. The molecule has 1 saturated heterocycles. The zero-order valence-corrected chi connectivity index (χ0v) is 11.7. The Labute approximate surface area is 110 Å². The third kappa shape index (κ3) is 3.23. The fourth-order valence-electron chi connectivity index (χ4n) is 3.31. The topological polar surface area (TPSA) is 44.4 Å². The van der Waals surface area contributed by atoms with Gasteiger partial charge in [-0.2, -0.15) is 0 Å². The third-order valence-corrected chi connectivity index (χ3v) is 4.37. The Hall–Kier alpha value is -0.610. The van der Waals surface area contributed by atoms with Crippen molar-refractivity contribution in [3.63, 3.8) is 0 Å². The van der Waals surface area contributed by atoms with Gasteiger partial charge >= 0.3 is 0 Å². The summed E-state index contributed by atoms with van der Waals surface area (Å²) in [6.07, 6.45) is 7.22. The van der Waals surface area contributed by atoms with Crippen LogP contribution in [-0.4, -0.2) is 49.1 Å². The van der Waals surface area contributed by atoms with Gasteiger partial charge in [0.15, 0.2) is 0 Å². The molecule has 1 amide bonds. The van der Waals surface area contributed by atoms with Gasteiger partial charge in [0.1, 0.15) is 0 Å². The minimum Gasteiger partial charge on any atom is -0.352 e. The average Bonchev–Trinajstić information content (AvgIpc) is 2.82. The SMILES string of the molecule is CNCCC1C(=O)NC(C)CCN1C1CCCC1. The summed E-state index contributed by atoms with van der Waals surface area (Å²) in [5.74, 6) is 0.238. The van der Waals surface area contributed by atoms with E-state index in [9.17, 15) is 4.79 Å². The molecule has 4 nitrogen and oxygen atoms in total. The lowest BCUT2D eigenvalue weighted by molar-refractivity contribution is -0.126. The summed E-state index contributed by atoms with van der Waals surface area (Å²) in [6, 6.07) is 1.04. The molecule has 0 radical (unpaired) electrons. The van der Waals surface area contributed by atoms with E-state index >= 15 is 0 Å². The lowest BCUT2D eigenvalue weighted by Crippen LogP contribution is -2.49. The highest BCUT2D eigenvalue weighted by Gasteiger charge is 2.35. The van der Waals surface area contributed by atoms with E-state index in [1.54, 1.807) is 0 Å². The summed E-state index contributed by atoms with van der Waals surface area (Å²) in [5, 5.41) is 6.32. The highest BCUT2D eigenvalue weighted by molar-refractivity contribution is 5.82. The van der Waals surface area contributed by atoms with Crippen LogP contribution in [0.1, 0.15) is 45.4 Å². The van der Waals surface area contributed by atoms with Crippen molar-refractivity contribution in [1.29, 1.82) is 0 Å². The van der Waals surface area contributed by atoms with E-state index in [1.807, 2.05) is 7.05 Å². The Balaban J connectivity index is 2.07. The monoisotopic (exact) mass is 253 g/mol. The molecule has 0 aromatic carbocycles. The molecule has 0 spiro atoms. The number of carbonyl (C=O) groups excluding carboxylic acids is 1. The molecule has 0 bridgehead atoms. The predicted octanol–water partition coefficient (Wildman–Crippen LogP) is 1.12. The van der Waals surface area contributed by atoms with Crippen molar-refractivity contribution in [2.24, 2.45) is 0 Å². The first-order chi connectivity index (χ1) is 8.72. The standard InChI is InChI=1S/C14H27N3O/c1-11-8-10-17(12-5-3-4-6-12)13(7-9-15-2)14(18)16-11/h11-13,15H,3-10H2,1-2H3,(H,16,18). The van der Waals surface area contributed by atoms with Crippen LogP contribution in [0, 0.1) is 0 Å². The number of nitrogens with zero attached hydrogens (tertiary/aromatic N) is 1. The van der Waals surface area contributed by atoms with Gasteiger partial charge in [-0.15, -0.1) is 0 Å². The first-order valence-electron chi connectivity index (χ1n) is 7.43. The van der Waals surface area contributed by atoms with Gasteiger partial charge < -0.3 is 10.6 Å². The maximum Gasteiger partial charge on any atom is 0.237 e. The van der Waals surface area contributed by atoms with Gasteiger partial charge in [0.25, 0.3) is 0 Å². The summed E-state index contributed by atoms with van der Waals surface area (Å²) in [5.41, 5.74) is 0. The molecule has 0 aromatic heterocycles. The van der Waals surface area contributed by atoms with Gasteiger partial charge in [-0.1, -0.05) is 12.8 Å². The third-order valence-electron chi connectivity index (χ3n) is 4.37. The lowest BCUT2D eigenvalue weighted by atomic mass is 10.1. The molecule has 1 aliphatic heterocycles. The summed E-state index contributed by atoms with van der Waals surface area (Å²) in [6.45, 7) is 4.10. The van der Waals surface area contributed by atoms with Crippen LogP contribution in [0.2, 0.25) is 0 Å². The van der Waals surface area contributed by atoms with Gasteiger partial charge in [0.2, 0.25) is 5.91 Å². The molecule has 104 valence electrons. The predicted molar refractivity (Wildman–Crippen MR) is 73.5 cm³/mol. The van der Waals surface area contributed by atoms with E-state index in [2.05, 4.69) is 22.5 Å². The fraction of sp³-hybridized carbons (Fsp3) is 0.929. The van der Waals surface area contributed by atoms with Crippen molar-refractivity contribution in [2.75, 3.05) is 20.1 Å². The number of amides is 1. The molecule has 1 heterocycles. The van der Waals surface area contributed by atoms with E-state index < -0.39 is 0 Å². The van der Waals surface area contributed by atoms with Gasteiger partial charge in [-0.25, -0.2) is 0 Å². The number of nitrogens with one attached hydrogen (secondary N) is 2. The van der Waals surface area contributed by atoms with Gasteiger partial charge in [0, 0.05) is 18.6 Å². The zero-order valence-electron chi connectivity index (χ0n) is 11.7. The molecule has 18 heavy (non-hydrogen) atoms. The lowest BCUT2D eigenvalue weighted by Gasteiger charge is -2.33. The summed E-state index contributed by atoms with van der Waals surface area (Å²) >= 11 is 0. The molecule has 1 aliphatic carbocycles. The smallest absolute Gasteiger partial charge is 0.237 e. The number of hydrogen-bond acceptors (Lipinski definition) is 3. The van der Waals surface area contributed by atoms with Crippen molar-refractivity contribution >= 4 is 5.91 Å². The Morgan fingerprint density at radius 2 is 2.06 bits per heavy atom. The minimum atomic E-state index is 0.0745. The van der Waals surface area contributed by atoms with E-state index in [1.165, 1.54) is 25.7 Å². The van der Waals surface area contributed by atoms with Crippen LogP contribution in [0.25, 0.3) is 0 Å². The molecule has 0 aromatic rings. The van der Waals surface area contributed by atoms with Gasteiger partial charge in [-0.3, -0.25) is 9.69 Å². The van der Waals surface area contributed by atoms with E-state index in [0.29, 0.717) is 12.1 Å². The molecule has 2 N–H and O–H groups in total. The van der Waals surface area contributed by atoms with E-state index in [4.69, 9.17) is 0 Å². The maximum atomic E-state index is 12.3. The first-order valence-corrected chi connectivity index (χ1v) is 7.43. The second-order valence-electron chi connectivity index (χ2n) is 5.78. The quantitative estimate of drug-likeness (QED) is 0.789. The van der Waals surface area contributed by atoms with Crippen LogP contribution in [0.15, 0.2) is 0 Å². The molecule has 2 aliphatic rings. The van der Waals surface area contributed by atoms with Gasteiger partial charge in [-0.05, 0) is 46.2 Å². The van der Waals surface area contributed by atoms with Crippen LogP contribution in [-0.2, 0) is 4.79 Å². The molecule has 2 fully saturated rings. The highest BCUT2D eigenvalue weighted by Crippen LogP contribution is 2.27. The summed E-state index contributed by atoms with van der Waals surface area (Å²) in [7, 11) is 1.96. The van der Waals surface area contributed by atoms with Crippen LogP contribution < -0.4 is 10.6 Å². The number of carbonyl (C=O) groups is 1. The largest absolute Gasteiger partial charge is 0.352 e. The second-order valence-corrected chi connectivity index (χ2v) is 5.78. The van der Waals surface area contributed by atoms with Crippen LogP contribution >= 0.6 is 0 Å².